The number of para-hydroxylation sites is 1. The molecule has 0 radical (unpaired) electrons. The van der Waals surface area contributed by atoms with Crippen molar-refractivity contribution in [3.63, 3.8) is 0 Å². The van der Waals surface area contributed by atoms with Gasteiger partial charge in [-0.05, 0) is 24.3 Å². The van der Waals surface area contributed by atoms with E-state index in [-0.39, 0.29) is 12.4 Å². The highest BCUT2D eigenvalue weighted by molar-refractivity contribution is 9.10. The maximum atomic E-state index is 13.0. The molecule has 0 aliphatic heterocycles. The van der Waals surface area contributed by atoms with Crippen molar-refractivity contribution < 1.29 is 13.9 Å². The predicted octanol–water partition coefficient (Wildman–Crippen LogP) is 4.89. The van der Waals surface area contributed by atoms with Gasteiger partial charge in [0.1, 0.15) is 12.4 Å². The SMILES string of the molecule is O=C(/C=C/c1cccc2cccnc12)OCc1ccc(F)cc1Br. The van der Waals surface area contributed by atoms with Crippen LogP contribution in [-0.4, -0.2) is 11.0 Å². The van der Waals surface area contributed by atoms with Crippen molar-refractivity contribution in [2.75, 3.05) is 0 Å². The first-order valence-corrected chi connectivity index (χ1v) is 8.05. The molecule has 0 aliphatic rings. The number of halogens is 2. The standard InChI is InChI=1S/C19H13BrFNO2/c20-17-11-16(21)8-6-15(17)12-24-18(23)9-7-14-4-1-3-13-5-2-10-22-19(13)14/h1-11H,12H2/b9-7+. The number of carbonyl (C=O) groups excluding carboxylic acids is 1. The van der Waals surface area contributed by atoms with Crippen LogP contribution in [0.15, 0.2) is 65.3 Å². The fourth-order valence-electron chi connectivity index (χ4n) is 2.26. The molecule has 2 aromatic carbocycles. The van der Waals surface area contributed by atoms with Crippen LogP contribution >= 0.6 is 15.9 Å². The molecule has 0 N–H and O–H groups in total. The lowest BCUT2D eigenvalue weighted by Crippen LogP contribution is -2.01. The van der Waals surface area contributed by atoms with Gasteiger partial charge in [0, 0.05) is 33.3 Å². The van der Waals surface area contributed by atoms with E-state index in [9.17, 15) is 9.18 Å². The molecule has 0 unspecified atom stereocenters. The molecule has 120 valence electrons. The fraction of sp³-hybridized carbons (Fsp3) is 0.0526. The molecule has 0 amide bonds. The van der Waals surface area contributed by atoms with Gasteiger partial charge in [-0.1, -0.05) is 46.3 Å². The van der Waals surface area contributed by atoms with Crippen LogP contribution in [0.1, 0.15) is 11.1 Å². The maximum absolute atomic E-state index is 13.0. The Morgan fingerprint density at radius 1 is 1.21 bits per heavy atom. The van der Waals surface area contributed by atoms with Gasteiger partial charge in [-0.3, -0.25) is 4.98 Å². The van der Waals surface area contributed by atoms with Crippen LogP contribution in [0, 0.1) is 5.82 Å². The largest absolute Gasteiger partial charge is 0.458 e. The van der Waals surface area contributed by atoms with Crippen LogP contribution in [0.4, 0.5) is 4.39 Å². The third kappa shape index (κ3) is 3.86. The van der Waals surface area contributed by atoms with Crippen molar-refractivity contribution in [3.05, 3.63) is 82.2 Å². The Bertz CT molecular complexity index is 919. The van der Waals surface area contributed by atoms with Crippen molar-refractivity contribution in [1.82, 2.24) is 4.98 Å². The number of hydrogen-bond donors (Lipinski definition) is 0. The highest BCUT2D eigenvalue weighted by Crippen LogP contribution is 2.19. The van der Waals surface area contributed by atoms with E-state index >= 15 is 0 Å². The van der Waals surface area contributed by atoms with E-state index in [2.05, 4.69) is 20.9 Å². The Balaban J connectivity index is 1.69. The zero-order valence-corrected chi connectivity index (χ0v) is 14.2. The molecular weight excluding hydrogens is 373 g/mol. The average molecular weight is 386 g/mol. The van der Waals surface area contributed by atoms with Gasteiger partial charge in [0.15, 0.2) is 0 Å². The Morgan fingerprint density at radius 2 is 2.04 bits per heavy atom. The van der Waals surface area contributed by atoms with Crippen molar-refractivity contribution in [2.24, 2.45) is 0 Å². The zero-order chi connectivity index (χ0) is 16.9. The first kappa shape index (κ1) is 16.3. The minimum absolute atomic E-state index is 0.0673. The minimum Gasteiger partial charge on any atom is -0.458 e. The third-order valence-corrected chi connectivity index (χ3v) is 4.19. The summed E-state index contributed by atoms with van der Waals surface area (Å²) in [5.74, 6) is -0.820. The molecular formula is C19H13BrFNO2. The summed E-state index contributed by atoms with van der Waals surface area (Å²) in [7, 11) is 0. The summed E-state index contributed by atoms with van der Waals surface area (Å²) < 4.78 is 18.8. The number of hydrogen-bond acceptors (Lipinski definition) is 3. The molecule has 1 aromatic heterocycles. The van der Waals surface area contributed by atoms with E-state index in [1.165, 1.54) is 18.2 Å². The smallest absolute Gasteiger partial charge is 0.331 e. The highest BCUT2D eigenvalue weighted by Gasteiger charge is 2.05. The lowest BCUT2D eigenvalue weighted by molar-refractivity contribution is -0.138. The number of nitrogens with zero attached hydrogens (tertiary/aromatic N) is 1. The van der Waals surface area contributed by atoms with Crippen molar-refractivity contribution in [1.29, 1.82) is 0 Å². The quantitative estimate of drug-likeness (QED) is 0.473. The lowest BCUT2D eigenvalue weighted by Gasteiger charge is -2.05. The van der Waals surface area contributed by atoms with E-state index in [1.54, 1.807) is 18.3 Å². The molecule has 24 heavy (non-hydrogen) atoms. The number of aromatic nitrogens is 1. The van der Waals surface area contributed by atoms with Gasteiger partial charge in [-0.25, -0.2) is 9.18 Å². The molecule has 0 aliphatic carbocycles. The molecule has 0 spiro atoms. The van der Waals surface area contributed by atoms with Crippen LogP contribution in [0.3, 0.4) is 0 Å². The van der Waals surface area contributed by atoms with Gasteiger partial charge in [0.25, 0.3) is 0 Å². The summed E-state index contributed by atoms with van der Waals surface area (Å²) in [6.07, 6.45) is 4.75. The third-order valence-electron chi connectivity index (χ3n) is 3.45. The number of esters is 1. The van der Waals surface area contributed by atoms with Gasteiger partial charge in [-0.2, -0.15) is 0 Å². The van der Waals surface area contributed by atoms with Gasteiger partial charge >= 0.3 is 5.97 Å². The number of benzene rings is 2. The van der Waals surface area contributed by atoms with Crippen molar-refractivity contribution in [2.45, 2.75) is 6.61 Å². The van der Waals surface area contributed by atoms with Gasteiger partial charge in [0.05, 0.1) is 5.52 Å². The summed E-state index contributed by atoms with van der Waals surface area (Å²) in [4.78, 5) is 16.2. The molecule has 0 saturated carbocycles. The number of carbonyl (C=O) groups is 1. The zero-order valence-electron chi connectivity index (χ0n) is 12.6. The van der Waals surface area contributed by atoms with Crippen molar-refractivity contribution >= 4 is 38.9 Å². The molecule has 3 rings (SSSR count). The molecule has 3 nitrogen and oxygen atoms in total. The maximum Gasteiger partial charge on any atom is 0.331 e. The second-order valence-electron chi connectivity index (χ2n) is 5.10. The molecule has 5 heteroatoms. The molecule has 0 atom stereocenters. The summed E-state index contributed by atoms with van der Waals surface area (Å²) in [5.41, 5.74) is 2.36. The molecule has 1 heterocycles. The van der Waals surface area contributed by atoms with E-state index in [4.69, 9.17) is 4.74 Å². The van der Waals surface area contributed by atoms with Gasteiger partial charge < -0.3 is 4.74 Å². The van der Waals surface area contributed by atoms with E-state index in [0.717, 1.165) is 16.5 Å². The van der Waals surface area contributed by atoms with Crippen LogP contribution in [-0.2, 0) is 16.1 Å². The van der Waals surface area contributed by atoms with Crippen LogP contribution in [0.5, 0.6) is 0 Å². The van der Waals surface area contributed by atoms with Crippen molar-refractivity contribution in [3.8, 4) is 0 Å². The van der Waals surface area contributed by atoms with Crippen LogP contribution in [0.25, 0.3) is 17.0 Å². The first-order chi connectivity index (χ1) is 11.6. The summed E-state index contributed by atoms with van der Waals surface area (Å²) >= 11 is 3.24. The van der Waals surface area contributed by atoms with Gasteiger partial charge in [-0.15, -0.1) is 0 Å². The fourth-order valence-corrected chi connectivity index (χ4v) is 2.72. The number of pyridine rings is 1. The second kappa shape index (κ2) is 7.36. The Hall–Kier alpha value is -2.53. The normalized spacial score (nSPS) is 11.1. The Labute approximate surface area is 146 Å². The molecule has 3 aromatic rings. The number of ether oxygens (including phenoxy) is 1. The number of fused-ring (bicyclic) bond motifs is 1. The molecule has 0 bridgehead atoms. The highest BCUT2D eigenvalue weighted by atomic mass is 79.9. The van der Waals surface area contributed by atoms with E-state index in [1.807, 2.05) is 30.3 Å². The second-order valence-corrected chi connectivity index (χ2v) is 5.95. The minimum atomic E-state index is -0.473. The number of rotatable bonds is 4. The molecule has 0 fully saturated rings. The summed E-state index contributed by atoms with van der Waals surface area (Å²) in [5, 5.41) is 1.00. The van der Waals surface area contributed by atoms with Gasteiger partial charge in [0.2, 0.25) is 0 Å². The summed E-state index contributed by atoms with van der Waals surface area (Å²) in [6, 6.07) is 13.8. The first-order valence-electron chi connectivity index (χ1n) is 7.26. The predicted molar refractivity (Wildman–Crippen MR) is 94.7 cm³/mol. The Kier molecular flexibility index (Phi) is 5.01. The van der Waals surface area contributed by atoms with Crippen LogP contribution in [0.2, 0.25) is 0 Å². The Morgan fingerprint density at radius 3 is 2.88 bits per heavy atom. The topological polar surface area (TPSA) is 39.2 Å². The monoisotopic (exact) mass is 385 g/mol. The summed E-state index contributed by atoms with van der Waals surface area (Å²) in [6.45, 7) is 0.0673. The molecule has 0 saturated heterocycles. The average Bonchev–Trinajstić information content (AvgIpc) is 2.59. The van der Waals surface area contributed by atoms with E-state index in [0.29, 0.717) is 10.0 Å². The van der Waals surface area contributed by atoms with E-state index < -0.39 is 5.97 Å². The van der Waals surface area contributed by atoms with Crippen LogP contribution < -0.4 is 0 Å². The lowest BCUT2D eigenvalue weighted by atomic mass is 10.1.